The van der Waals surface area contributed by atoms with E-state index in [1.807, 2.05) is 0 Å². The van der Waals surface area contributed by atoms with E-state index < -0.39 is 11.7 Å². The topological polar surface area (TPSA) is 38.8 Å². The van der Waals surface area contributed by atoms with Gasteiger partial charge in [0.15, 0.2) is 0 Å². The standard InChI is InChI=1S/C22H24F3NO3/c23-22(24,25)17-5-7-20(8-6-17)29-21-11-9-19(10-12-21)28-16-18-4-3-14-26(18)13-1-2-15-27/h5-12,15,18H,1-4,13-14,16H2/t18-/m1/s1. The van der Waals surface area contributed by atoms with Gasteiger partial charge in [0, 0.05) is 12.5 Å². The lowest BCUT2D eigenvalue weighted by molar-refractivity contribution is -0.137. The number of hydrogen-bond donors (Lipinski definition) is 0. The van der Waals surface area contributed by atoms with Gasteiger partial charge in [-0.05, 0) is 80.9 Å². The van der Waals surface area contributed by atoms with Crippen molar-refractivity contribution in [3.8, 4) is 17.2 Å². The van der Waals surface area contributed by atoms with Crippen LogP contribution >= 0.6 is 0 Å². The van der Waals surface area contributed by atoms with Gasteiger partial charge >= 0.3 is 6.18 Å². The Labute approximate surface area is 168 Å². The molecular weight excluding hydrogens is 383 g/mol. The first-order valence-electron chi connectivity index (χ1n) is 9.71. The van der Waals surface area contributed by atoms with Crippen LogP contribution in [-0.4, -0.2) is 36.9 Å². The van der Waals surface area contributed by atoms with E-state index in [1.54, 1.807) is 24.3 Å². The largest absolute Gasteiger partial charge is 0.492 e. The molecule has 0 spiro atoms. The maximum atomic E-state index is 12.6. The predicted molar refractivity (Wildman–Crippen MR) is 103 cm³/mol. The number of rotatable bonds is 9. The lowest BCUT2D eigenvalue weighted by Crippen LogP contribution is -2.34. The van der Waals surface area contributed by atoms with E-state index in [2.05, 4.69) is 4.90 Å². The fourth-order valence-electron chi connectivity index (χ4n) is 3.40. The van der Waals surface area contributed by atoms with Crippen molar-refractivity contribution < 1.29 is 27.4 Å². The highest BCUT2D eigenvalue weighted by atomic mass is 19.4. The van der Waals surface area contributed by atoms with Crippen LogP contribution in [0.15, 0.2) is 48.5 Å². The first-order chi connectivity index (χ1) is 14.0. The average Bonchev–Trinajstić information content (AvgIpc) is 3.15. The van der Waals surface area contributed by atoms with Gasteiger partial charge in [0.05, 0.1) is 5.56 Å². The van der Waals surface area contributed by atoms with Crippen LogP contribution in [0.4, 0.5) is 13.2 Å². The number of halogens is 3. The number of carbonyl (C=O) groups excluding carboxylic acids is 1. The van der Waals surface area contributed by atoms with Crippen LogP contribution in [0, 0.1) is 0 Å². The fraction of sp³-hybridized carbons (Fsp3) is 0.409. The van der Waals surface area contributed by atoms with Crippen LogP contribution in [0.5, 0.6) is 17.2 Å². The van der Waals surface area contributed by atoms with E-state index in [-0.39, 0.29) is 0 Å². The highest BCUT2D eigenvalue weighted by molar-refractivity contribution is 5.49. The Kier molecular flexibility index (Phi) is 7.14. The van der Waals surface area contributed by atoms with Crippen LogP contribution < -0.4 is 9.47 Å². The minimum absolute atomic E-state index is 0.337. The third-order valence-corrected chi connectivity index (χ3v) is 4.95. The quantitative estimate of drug-likeness (QED) is 0.417. The molecule has 0 saturated carbocycles. The number of ether oxygens (including phenoxy) is 2. The minimum Gasteiger partial charge on any atom is -0.492 e. The van der Waals surface area contributed by atoms with E-state index in [4.69, 9.17) is 9.47 Å². The molecule has 0 aromatic heterocycles. The Morgan fingerprint density at radius 3 is 2.24 bits per heavy atom. The highest BCUT2D eigenvalue weighted by Gasteiger charge is 2.30. The van der Waals surface area contributed by atoms with Gasteiger partial charge in [-0.25, -0.2) is 0 Å². The summed E-state index contributed by atoms with van der Waals surface area (Å²) >= 11 is 0. The van der Waals surface area contributed by atoms with Gasteiger partial charge in [0.2, 0.25) is 0 Å². The number of unbranched alkanes of at least 4 members (excludes halogenated alkanes) is 1. The molecule has 0 unspecified atom stereocenters. The Balaban J connectivity index is 1.49. The van der Waals surface area contributed by atoms with E-state index in [1.165, 1.54) is 12.1 Å². The molecule has 0 N–H and O–H groups in total. The highest BCUT2D eigenvalue weighted by Crippen LogP contribution is 2.31. The molecule has 29 heavy (non-hydrogen) atoms. The molecule has 0 aliphatic carbocycles. The van der Waals surface area contributed by atoms with Gasteiger partial charge in [-0.3, -0.25) is 4.90 Å². The number of carbonyl (C=O) groups is 1. The number of alkyl halides is 3. The smallest absolute Gasteiger partial charge is 0.416 e. The Morgan fingerprint density at radius 2 is 1.62 bits per heavy atom. The molecule has 1 heterocycles. The molecule has 7 heteroatoms. The summed E-state index contributed by atoms with van der Waals surface area (Å²) in [6, 6.07) is 12.0. The summed E-state index contributed by atoms with van der Waals surface area (Å²) < 4.78 is 49.3. The van der Waals surface area contributed by atoms with Gasteiger partial charge in [0.25, 0.3) is 0 Å². The zero-order valence-electron chi connectivity index (χ0n) is 16.0. The van der Waals surface area contributed by atoms with E-state index >= 15 is 0 Å². The molecule has 2 aromatic rings. The molecule has 0 amide bonds. The molecule has 4 nitrogen and oxygen atoms in total. The zero-order valence-corrected chi connectivity index (χ0v) is 16.0. The number of benzene rings is 2. The average molecular weight is 407 g/mol. The maximum absolute atomic E-state index is 12.6. The summed E-state index contributed by atoms with van der Waals surface area (Å²) in [5.74, 6) is 1.57. The third kappa shape index (κ3) is 6.22. The third-order valence-electron chi connectivity index (χ3n) is 4.95. The first-order valence-corrected chi connectivity index (χ1v) is 9.71. The molecule has 3 rings (SSSR count). The number of hydrogen-bond acceptors (Lipinski definition) is 4. The van der Waals surface area contributed by atoms with Gasteiger partial charge in [-0.1, -0.05) is 0 Å². The van der Waals surface area contributed by atoms with Crippen molar-refractivity contribution in [1.82, 2.24) is 4.90 Å². The number of nitrogens with zero attached hydrogens (tertiary/aromatic N) is 1. The van der Waals surface area contributed by atoms with Crippen LogP contribution in [0.25, 0.3) is 0 Å². The van der Waals surface area contributed by atoms with Crippen LogP contribution in [0.1, 0.15) is 31.2 Å². The Hall–Kier alpha value is -2.54. The minimum atomic E-state index is -4.36. The Bertz CT molecular complexity index is 775. The molecule has 1 saturated heterocycles. The molecule has 156 valence electrons. The SMILES string of the molecule is O=CCCCN1CCC[C@@H]1COc1ccc(Oc2ccc(C(F)(F)F)cc2)cc1. The van der Waals surface area contributed by atoms with Crippen molar-refractivity contribution >= 4 is 6.29 Å². The molecule has 0 bridgehead atoms. The van der Waals surface area contributed by atoms with Crippen molar-refractivity contribution in [2.75, 3.05) is 19.7 Å². The van der Waals surface area contributed by atoms with Gasteiger partial charge in [-0.2, -0.15) is 13.2 Å². The van der Waals surface area contributed by atoms with E-state index in [0.29, 0.717) is 36.3 Å². The van der Waals surface area contributed by atoms with E-state index in [0.717, 1.165) is 50.8 Å². The summed E-state index contributed by atoms with van der Waals surface area (Å²) in [6.07, 6.45) is 0.266. The van der Waals surface area contributed by atoms with Gasteiger partial charge in [0.1, 0.15) is 30.1 Å². The van der Waals surface area contributed by atoms with Crippen molar-refractivity contribution in [2.24, 2.45) is 0 Å². The van der Waals surface area contributed by atoms with Crippen LogP contribution in [0.2, 0.25) is 0 Å². The zero-order chi connectivity index (χ0) is 20.7. The summed E-state index contributed by atoms with van der Waals surface area (Å²) in [5.41, 5.74) is -0.708. The van der Waals surface area contributed by atoms with Crippen LogP contribution in [0.3, 0.4) is 0 Å². The van der Waals surface area contributed by atoms with Crippen LogP contribution in [-0.2, 0) is 11.0 Å². The maximum Gasteiger partial charge on any atom is 0.416 e. The van der Waals surface area contributed by atoms with Crippen molar-refractivity contribution in [3.05, 3.63) is 54.1 Å². The van der Waals surface area contributed by atoms with Gasteiger partial charge < -0.3 is 14.3 Å². The first kappa shape index (κ1) is 21.2. The van der Waals surface area contributed by atoms with Crippen molar-refractivity contribution in [3.63, 3.8) is 0 Å². The number of aldehydes is 1. The van der Waals surface area contributed by atoms with E-state index in [9.17, 15) is 18.0 Å². The molecule has 2 aromatic carbocycles. The van der Waals surface area contributed by atoms with Crippen molar-refractivity contribution in [2.45, 2.75) is 37.9 Å². The lowest BCUT2D eigenvalue weighted by atomic mass is 10.2. The predicted octanol–water partition coefficient (Wildman–Crippen LogP) is 5.32. The second-order valence-electron chi connectivity index (χ2n) is 7.05. The normalized spacial score (nSPS) is 17.3. The molecule has 1 fully saturated rings. The monoisotopic (exact) mass is 407 g/mol. The molecular formula is C22H24F3NO3. The Morgan fingerprint density at radius 1 is 1.00 bits per heavy atom. The second kappa shape index (κ2) is 9.78. The number of likely N-dealkylation sites (tertiary alicyclic amines) is 1. The summed E-state index contributed by atoms with van der Waals surface area (Å²) in [4.78, 5) is 12.8. The lowest BCUT2D eigenvalue weighted by Gasteiger charge is -2.24. The molecule has 1 aliphatic rings. The molecule has 0 radical (unpaired) electrons. The van der Waals surface area contributed by atoms with Gasteiger partial charge in [-0.15, -0.1) is 0 Å². The molecule has 1 aliphatic heterocycles. The summed E-state index contributed by atoms with van der Waals surface area (Å²) in [6.45, 7) is 2.53. The second-order valence-corrected chi connectivity index (χ2v) is 7.05. The fourth-order valence-corrected chi connectivity index (χ4v) is 3.40. The summed E-state index contributed by atoms with van der Waals surface area (Å²) in [7, 11) is 0. The summed E-state index contributed by atoms with van der Waals surface area (Å²) in [5, 5.41) is 0. The van der Waals surface area contributed by atoms with Crippen molar-refractivity contribution in [1.29, 1.82) is 0 Å². The molecule has 1 atom stereocenters.